The maximum Gasteiger partial charge on any atom is 0.329 e. The summed E-state index contributed by atoms with van der Waals surface area (Å²) in [5, 5.41) is 9.59. The Labute approximate surface area is 192 Å². The van der Waals surface area contributed by atoms with Crippen LogP contribution in [0.15, 0.2) is 72.8 Å². The minimum absolute atomic E-state index is 0.159. The molecule has 0 bridgehead atoms. The maximum atomic E-state index is 13.5. The number of nitrogens with zero attached hydrogens (tertiary/aromatic N) is 1. The van der Waals surface area contributed by atoms with Crippen molar-refractivity contribution in [3.8, 4) is 0 Å². The molecule has 3 N–H and O–H groups in total. The van der Waals surface area contributed by atoms with Gasteiger partial charge in [-0.1, -0.05) is 66.2 Å². The lowest BCUT2D eigenvalue weighted by atomic mass is 9.99. The van der Waals surface area contributed by atoms with Crippen LogP contribution in [0.2, 0.25) is 0 Å². The van der Waals surface area contributed by atoms with Crippen molar-refractivity contribution >= 4 is 13.6 Å². The number of hydrogen-bond acceptors (Lipinski definition) is 3. The number of aryl methyl sites for hydroxylation is 1. The van der Waals surface area contributed by atoms with Gasteiger partial charge in [0.2, 0.25) is 0 Å². The van der Waals surface area contributed by atoms with Gasteiger partial charge < -0.3 is 14.9 Å². The molecule has 1 unspecified atom stereocenters. The van der Waals surface area contributed by atoms with Crippen LogP contribution in [-0.4, -0.2) is 25.8 Å². The summed E-state index contributed by atoms with van der Waals surface area (Å²) < 4.78 is 24.8. The van der Waals surface area contributed by atoms with Crippen molar-refractivity contribution in [2.75, 3.05) is 0 Å². The van der Waals surface area contributed by atoms with Gasteiger partial charge in [0.05, 0.1) is 12.6 Å². The molecule has 0 aliphatic rings. The van der Waals surface area contributed by atoms with E-state index in [1.807, 2.05) is 36.1 Å². The standard InChI is InChI=1S/C25H27FNO5P/c1-18-2-4-19(5-3-18)15-27(16-20-6-8-21(9-7-20)17-33(30,31)32)24(14-25(28)29)22-10-12-23(26)13-11-22/h2-13,24H,14-17H2,1H3,(H,28,29)(H2,30,31,32). The van der Waals surface area contributed by atoms with E-state index in [0.29, 0.717) is 24.2 Å². The number of carbonyl (C=O) groups is 1. The second kappa shape index (κ2) is 10.9. The summed E-state index contributed by atoms with van der Waals surface area (Å²) in [7, 11) is -4.16. The first-order chi connectivity index (χ1) is 15.6. The molecule has 3 aromatic carbocycles. The van der Waals surface area contributed by atoms with Crippen molar-refractivity contribution < 1.29 is 28.6 Å². The zero-order valence-corrected chi connectivity index (χ0v) is 19.2. The monoisotopic (exact) mass is 471 g/mol. The minimum Gasteiger partial charge on any atom is -0.481 e. The summed E-state index contributed by atoms with van der Waals surface area (Å²) in [5.74, 6) is -1.35. The van der Waals surface area contributed by atoms with Gasteiger partial charge in [-0.25, -0.2) is 4.39 Å². The number of carboxylic acid groups (broad SMARTS) is 1. The van der Waals surface area contributed by atoms with Crippen LogP contribution < -0.4 is 0 Å². The quantitative estimate of drug-likeness (QED) is 0.359. The largest absolute Gasteiger partial charge is 0.481 e. The molecule has 33 heavy (non-hydrogen) atoms. The average molecular weight is 471 g/mol. The zero-order chi connectivity index (χ0) is 24.0. The van der Waals surface area contributed by atoms with Gasteiger partial charge in [0.1, 0.15) is 5.82 Å². The molecule has 0 spiro atoms. The van der Waals surface area contributed by atoms with Crippen LogP contribution in [0.5, 0.6) is 0 Å². The van der Waals surface area contributed by atoms with E-state index >= 15 is 0 Å². The maximum absolute atomic E-state index is 13.5. The molecule has 0 aliphatic heterocycles. The van der Waals surface area contributed by atoms with Crippen molar-refractivity contribution in [2.45, 2.75) is 38.6 Å². The van der Waals surface area contributed by atoms with Crippen LogP contribution in [0.1, 0.15) is 40.3 Å². The molecule has 0 amide bonds. The normalized spacial score (nSPS) is 12.6. The fourth-order valence-electron chi connectivity index (χ4n) is 3.73. The van der Waals surface area contributed by atoms with Crippen LogP contribution >= 0.6 is 7.60 Å². The Balaban J connectivity index is 1.92. The molecule has 0 fully saturated rings. The van der Waals surface area contributed by atoms with Gasteiger partial charge in [-0.2, -0.15) is 0 Å². The van der Waals surface area contributed by atoms with E-state index in [4.69, 9.17) is 0 Å². The van der Waals surface area contributed by atoms with Gasteiger partial charge in [-0.05, 0) is 41.3 Å². The van der Waals surface area contributed by atoms with E-state index in [1.165, 1.54) is 12.1 Å². The Morgan fingerprint density at radius 3 is 1.85 bits per heavy atom. The number of benzene rings is 3. The summed E-state index contributed by atoms with van der Waals surface area (Å²) in [6, 6.07) is 20.2. The van der Waals surface area contributed by atoms with Gasteiger partial charge in [0.15, 0.2) is 0 Å². The van der Waals surface area contributed by atoms with E-state index in [0.717, 1.165) is 16.7 Å². The zero-order valence-electron chi connectivity index (χ0n) is 18.3. The van der Waals surface area contributed by atoms with Crippen molar-refractivity contribution in [3.05, 3.63) is 106 Å². The lowest BCUT2D eigenvalue weighted by Gasteiger charge is -2.31. The molecule has 0 saturated heterocycles. The Morgan fingerprint density at radius 2 is 1.36 bits per heavy atom. The Morgan fingerprint density at radius 1 is 0.879 bits per heavy atom. The van der Waals surface area contributed by atoms with Crippen LogP contribution in [0.4, 0.5) is 4.39 Å². The molecule has 0 aliphatic carbocycles. The Bertz CT molecular complexity index is 1110. The molecule has 0 heterocycles. The van der Waals surface area contributed by atoms with Crippen LogP contribution in [-0.2, 0) is 28.6 Å². The predicted octanol–water partition coefficient (Wildman–Crippen LogP) is 5.03. The topological polar surface area (TPSA) is 98.1 Å². The summed E-state index contributed by atoms with van der Waals surface area (Å²) in [6.07, 6.45) is -0.495. The third kappa shape index (κ3) is 7.91. The highest BCUT2D eigenvalue weighted by molar-refractivity contribution is 7.50. The molecule has 0 saturated carbocycles. The molecule has 3 aromatic rings. The number of hydrogen-bond donors (Lipinski definition) is 3. The third-order valence-electron chi connectivity index (χ3n) is 5.37. The first kappa shape index (κ1) is 24.8. The van der Waals surface area contributed by atoms with Crippen molar-refractivity contribution in [3.63, 3.8) is 0 Å². The van der Waals surface area contributed by atoms with E-state index < -0.39 is 25.4 Å². The highest BCUT2D eigenvalue weighted by Gasteiger charge is 2.24. The van der Waals surface area contributed by atoms with Gasteiger partial charge in [0.25, 0.3) is 0 Å². The number of aliphatic carboxylic acids is 1. The Kier molecular flexibility index (Phi) is 8.16. The van der Waals surface area contributed by atoms with Gasteiger partial charge in [0, 0.05) is 19.1 Å². The van der Waals surface area contributed by atoms with E-state index in [9.17, 15) is 28.6 Å². The summed E-state index contributed by atoms with van der Waals surface area (Å²) >= 11 is 0. The molecular weight excluding hydrogens is 444 g/mol. The molecule has 8 heteroatoms. The molecule has 1 atom stereocenters. The highest BCUT2D eigenvalue weighted by Crippen LogP contribution is 2.39. The molecule has 6 nitrogen and oxygen atoms in total. The SMILES string of the molecule is Cc1ccc(CN(Cc2ccc(CP(=O)(O)O)cc2)C(CC(=O)O)c2ccc(F)cc2)cc1. The minimum atomic E-state index is -4.16. The molecular formula is C25H27FNO5P. The number of rotatable bonds is 10. The second-order valence-electron chi connectivity index (χ2n) is 8.20. The van der Waals surface area contributed by atoms with E-state index in [2.05, 4.69) is 0 Å². The van der Waals surface area contributed by atoms with Gasteiger partial charge in [-0.3, -0.25) is 14.3 Å². The predicted molar refractivity (Wildman–Crippen MR) is 124 cm³/mol. The Hall–Kier alpha value is -2.83. The van der Waals surface area contributed by atoms with Crippen LogP contribution in [0.3, 0.4) is 0 Å². The summed E-state index contributed by atoms with van der Waals surface area (Å²) in [6.45, 7) is 2.87. The first-order valence-corrected chi connectivity index (χ1v) is 12.3. The van der Waals surface area contributed by atoms with E-state index in [-0.39, 0.29) is 12.6 Å². The van der Waals surface area contributed by atoms with E-state index in [1.54, 1.807) is 36.4 Å². The fraction of sp³-hybridized carbons (Fsp3) is 0.240. The lowest BCUT2D eigenvalue weighted by molar-refractivity contribution is -0.138. The van der Waals surface area contributed by atoms with Crippen molar-refractivity contribution in [2.24, 2.45) is 0 Å². The molecule has 0 aromatic heterocycles. The van der Waals surface area contributed by atoms with Gasteiger partial charge >= 0.3 is 13.6 Å². The molecule has 174 valence electrons. The number of carboxylic acids is 1. The highest BCUT2D eigenvalue weighted by atomic mass is 31.2. The summed E-state index contributed by atoms with van der Waals surface area (Å²) in [5.41, 5.74) is 4.22. The fourth-order valence-corrected chi connectivity index (χ4v) is 4.42. The second-order valence-corrected chi connectivity index (χ2v) is 9.84. The number of halogens is 1. The third-order valence-corrected chi connectivity index (χ3v) is 6.14. The van der Waals surface area contributed by atoms with Crippen molar-refractivity contribution in [1.82, 2.24) is 4.90 Å². The van der Waals surface area contributed by atoms with Crippen LogP contribution in [0, 0.1) is 12.7 Å². The van der Waals surface area contributed by atoms with Crippen molar-refractivity contribution in [1.29, 1.82) is 0 Å². The lowest BCUT2D eigenvalue weighted by Crippen LogP contribution is -2.30. The molecule has 3 rings (SSSR count). The van der Waals surface area contributed by atoms with Crippen LogP contribution in [0.25, 0.3) is 0 Å². The smallest absolute Gasteiger partial charge is 0.329 e. The average Bonchev–Trinajstić information content (AvgIpc) is 2.74. The summed E-state index contributed by atoms with van der Waals surface area (Å²) in [4.78, 5) is 32.1. The molecule has 0 radical (unpaired) electrons. The first-order valence-electron chi connectivity index (χ1n) is 10.5. The van der Waals surface area contributed by atoms with Gasteiger partial charge in [-0.15, -0.1) is 0 Å².